The van der Waals surface area contributed by atoms with Crippen molar-refractivity contribution in [3.05, 3.63) is 30.0 Å². The van der Waals surface area contributed by atoms with Crippen molar-refractivity contribution < 1.29 is 19.4 Å². The number of carboxylic acid groups (broad SMARTS) is 1. The van der Waals surface area contributed by atoms with Crippen molar-refractivity contribution in [2.24, 2.45) is 0 Å². The number of hydrogen-bond acceptors (Lipinski definition) is 7. The molecular formula is C22H29N5O4. The van der Waals surface area contributed by atoms with Gasteiger partial charge < -0.3 is 25.0 Å². The Labute approximate surface area is 182 Å². The molecule has 166 valence electrons. The highest BCUT2D eigenvalue weighted by Gasteiger charge is 2.39. The number of likely N-dealkylation sites (N-methyl/N-ethyl adjacent to an activating group) is 1. The third-order valence-corrected chi connectivity index (χ3v) is 5.72. The molecule has 2 heterocycles. The molecular weight excluding hydrogens is 398 g/mol. The van der Waals surface area contributed by atoms with Crippen molar-refractivity contribution in [3.63, 3.8) is 0 Å². The molecule has 0 bridgehead atoms. The highest BCUT2D eigenvalue weighted by atomic mass is 16.5. The van der Waals surface area contributed by atoms with Crippen LogP contribution in [0, 0.1) is 0 Å². The van der Waals surface area contributed by atoms with E-state index < -0.39 is 5.97 Å². The zero-order chi connectivity index (χ0) is 22.7. The van der Waals surface area contributed by atoms with Gasteiger partial charge in [0, 0.05) is 13.1 Å². The molecule has 1 amide bonds. The van der Waals surface area contributed by atoms with Crippen LogP contribution < -0.4 is 19.9 Å². The zero-order valence-corrected chi connectivity index (χ0v) is 18.5. The van der Waals surface area contributed by atoms with Gasteiger partial charge in [-0.15, -0.1) is 0 Å². The molecule has 9 nitrogen and oxygen atoms in total. The van der Waals surface area contributed by atoms with Crippen LogP contribution in [0.4, 0.5) is 23.1 Å². The van der Waals surface area contributed by atoms with E-state index in [0.717, 1.165) is 12.8 Å². The summed E-state index contributed by atoms with van der Waals surface area (Å²) in [6.07, 6.45) is 4.10. The molecule has 2 N–H and O–H groups in total. The average molecular weight is 428 g/mol. The Bertz CT molecular complexity index is 976. The Morgan fingerprint density at radius 2 is 2.00 bits per heavy atom. The van der Waals surface area contributed by atoms with E-state index in [4.69, 9.17) is 9.72 Å². The Balaban J connectivity index is 2.04. The second-order valence-corrected chi connectivity index (χ2v) is 7.45. The van der Waals surface area contributed by atoms with Gasteiger partial charge in [-0.05, 0) is 37.5 Å². The number of amides is 1. The number of aromatic nitrogens is 2. The number of carbonyl (C=O) groups is 2. The van der Waals surface area contributed by atoms with Gasteiger partial charge >= 0.3 is 5.97 Å². The van der Waals surface area contributed by atoms with Crippen molar-refractivity contribution in [1.82, 2.24) is 9.97 Å². The van der Waals surface area contributed by atoms with Crippen LogP contribution in [0.2, 0.25) is 0 Å². The maximum Gasteiger partial charge on any atom is 0.335 e. The number of anilines is 4. The third kappa shape index (κ3) is 4.12. The van der Waals surface area contributed by atoms with Gasteiger partial charge in [0.25, 0.3) is 0 Å². The first-order chi connectivity index (χ1) is 14.9. The lowest BCUT2D eigenvalue weighted by Gasteiger charge is -2.44. The van der Waals surface area contributed by atoms with Crippen molar-refractivity contribution in [3.8, 4) is 5.75 Å². The standard InChI is InChI=1S/C22H29N5O4/c1-6-14(7-2)27-16(8-3)20(28)26(4)17-12-23-22(25-19(17)27)24-15-10-9-13(21(29)30)11-18(15)31-5/h9-12,14,16H,6-8H2,1-5H3,(H,29,30)(H,23,24,25). The lowest BCUT2D eigenvalue weighted by molar-refractivity contribution is -0.120. The van der Waals surface area contributed by atoms with E-state index in [1.807, 2.05) is 6.92 Å². The van der Waals surface area contributed by atoms with Crippen molar-refractivity contribution >= 4 is 35.0 Å². The van der Waals surface area contributed by atoms with Crippen LogP contribution in [-0.2, 0) is 4.79 Å². The minimum absolute atomic E-state index is 0.0390. The van der Waals surface area contributed by atoms with Gasteiger partial charge in [0.05, 0.1) is 24.6 Å². The zero-order valence-electron chi connectivity index (χ0n) is 18.5. The molecule has 1 aliphatic heterocycles. The maximum atomic E-state index is 13.0. The van der Waals surface area contributed by atoms with Crippen LogP contribution in [0.3, 0.4) is 0 Å². The molecule has 1 unspecified atom stereocenters. The molecule has 1 aromatic carbocycles. The monoisotopic (exact) mass is 427 g/mol. The summed E-state index contributed by atoms with van der Waals surface area (Å²) in [7, 11) is 3.22. The third-order valence-electron chi connectivity index (χ3n) is 5.72. The van der Waals surface area contributed by atoms with Crippen LogP contribution in [-0.4, -0.2) is 53.2 Å². The predicted molar refractivity (Wildman–Crippen MR) is 120 cm³/mol. The molecule has 0 spiro atoms. The summed E-state index contributed by atoms with van der Waals surface area (Å²) in [5.74, 6) is 0.429. The van der Waals surface area contributed by atoms with E-state index in [1.54, 1.807) is 24.2 Å². The molecule has 31 heavy (non-hydrogen) atoms. The van der Waals surface area contributed by atoms with Gasteiger partial charge in [-0.3, -0.25) is 4.79 Å². The molecule has 1 aliphatic rings. The summed E-state index contributed by atoms with van der Waals surface area (Å²) in [5, 5.41) is 12.3. The number of aromatic carboxylic acids is 1. The number of methoxy groups -OCH3 is 1. The van der Waals surface area contributed by atoms with Crippen LogP contribution in [0.25, 0.3) is 0 Å². The summed E-state index contributed by atoms with van der Waals surface area (Å²) in [6, 6.07) is 4.44. The van der Waals surface area contributed by atoms with Crippen molar-refractivity contribution in [1.29, 1.82) is 0 Å². The van der Waals surface area contributed by atoms with Gasteiger partial charge in [-0.1, -0.05) is 20.8 Å². The molecule has 0 saturated heterocycles. The summed E-state index contributed by atoms with van der Waals surface area (Å²) in [4.78, 5) is 37.1. The molecule has 0 saturated carbocycles. The minimum Gasteiger partial charge on any atom is -0.495 e. The van der Waals surface area contributed by atoms with Gasteiger partial charge in [-0.25, -0.2) is 9.78 Å². The second kappa shape index (κ2) is 9.20. The summed E-state index contributed by atoms with van der Waals surface area (Å²) >= 11 is 0. The maximum absolute atomic E-state index is 13.0. The Hall–Kier alpha value is -3.36. The number of carboxylic acids is 1. The first-order valence-electron chi connectivity index (χ1n) is 10.5. The Morgan fingerprint density at radius 3 is 2.58 bits per heavy atom. The van der Waals surface area contributed by atoms with Crippen LogP contribution >= 0.6 is 0 Å². The average Bonchev–Trinajstić information content (AvgIpc) is 2.78. The smallest absolute Gasteiger partial charge is 0.335 e. The fourth-order valence-corrected chi connectivity index (χ4v) is 3.99. The number of rotatable bonds is 8. The molecule has 1 atom stereocenters. The number of carbonyl (C=O) groups excluding carboxylic acids is 1. The molecule has 2 aromatic rings. The highest BCUT2D eigenvalue weighted by molar-refractivity contribution is 6.04. The van der Waals surface area contributed by atoms with Crippen molar-refractivity contribution in [2.45, 2.75) is 52.1 Å². The number of nitrogens with one attached hydrogen (secondary N) is 1. The van der Waals surface area contributed by atoms with Gasteiger partial charge in [-0.2, -0.15) is 4.98 Å². The van der Waals surface area contributed by atoms with E-state index in [-0.39, 0.29) is 23.6 Å². The summed E-state index contributed by atoms with van der Waals surface area (Å²) < 4.78 is 5.34. The normalized spacial score (nSPS) is 15.8. The first-order valence-corrected chi connectivity index (χ1v) is 10.5. The van der Waals surface area contributed by atoms with E-state index >= 15 is 0 Å². The molecule has 3 rings (SSSR count). The van der Waals surface area contributed by atoms with E-state index in [2.05, 4.69) is 29.0 Å². The van der Waals surface area contributed by atoms with Crippen LogP contribution in [0.1, 0.15) is 50.4 Å². The molecule has 1 aromatic heterocycles. The van der Waals surface area contributed by atoms with E-state index in [1.165, 1.54) is 19.2 Å². The number of ether oxygens (including phenoxy) is 1. The molecule has 0 radical (unpaired) electrons. The van der Waals surface area contributed by atoms with E-state index in [9.17, 15) is 14.7 Å². The SMILES string of the molecule is CCC(CC)N1c2nc(Nc3ccc(C(=O)O)cc3OC)ncc2N(C)C(=O)C1CC. The quantitative estimate of drug-likeness (QED) is 0.657. The van der Waals surface area contributed by atoms with Crippen LogP contribution in [0.15, 0.2) is 24.4 Å². The molecule has 0 fully saturated rings. The lowest BCUT2D eigenvalue weighted by Crippen LogP contribution is -2.56. The summed E-state index contributed by atoms with van der Waals surface area (Å²) in [6.45, 7) is 6.23. The topological polar surface area (TPSA) is 108 Å². The van der Waals surface area contributed by atoms with Crippen molar-refractivity contribution in [2.75, 3.05) is 29.3 Å². The van der Waals surface area contributed by atoms with Crippen LogP contribution in [0.5, 0.6) is 5.75 Å². The summed E-state index contributed by atoms with van der Waals surface area (Å²) in [5.41, 5.74) is 1.34. The van der Waals surface area contributed by atoms with Gasteiger partial charge in [0.15, 0.2) is 5.82 Å². The first kappa shape index (κ1) is 22.3. The largest absolute Gasteiger partial charge is 0.495 e. The van der Waals surface area contributed by atoms with Gasteiger partial charge in [0.1, 0.15) is 17.5 Å². The molecule has 9 heteroatoms. The second-order valence-electron chi connectivity index (χ2n) is 7.45. The van der Waals surface area contributed by atoms with E-state index in [0.29, 0.717) is 35.3 Å². The number of fused-ring (bicyclic) bond motifs is 1. The Morgan fingerprint density at radius 1 is 1.29 bits per heavy atom. The number of nitrogens with zero attached hydrogens (tertiary/aromatic N) is 4. The number of benzene rings is 1. The lowest BCUT2D eigenvalue weighted by atomic mass is 10.0. The predicted octanol–water partition coefficient (Wildman–Crippen LogP) is 3.68. The minimum atomic E-state index is -1.03. The molecule has 0 aliphatic carbocycles. The highest BCUT2D eigenvalue weighted by Crippen LogP contribution is 2.38. The number of hydrogen-bond donors (Lipinski definition) is 2. The fourth-order valence-electron chi connectivity index (χ4n) is 3.99. The Kier molecular flexibility index (Phi) is 6.62. The van der Waals surface area contributed by atoms with Gasteiger partial charge in [0.2, 0.25) is 11.9 Å². The fraction of sp³-hybridized carbons (Fsp3) is 0.455.